The molecule has 1 aromatic rings. The van der Waals surface area contributed by atoms with Crippen LogP contribution in [-0.4, -0.2) is 42.5 Å². The van der Waals surface area contributed by atoms with E-state index in [4.69, 9.17) is 0 Å². The summed E-state index contributed by atoms with van der Waals surface area (Å²) in [6, 6.07) is -0.122. The molecule has 20 heavy (non-hydrogen) atoms. The van der Waals surface area contributed by atoms with E-state index in [1.165, 1.54) is 12.4 Å². The van der Waals surface area contributed by atoms with Crippen molar-refractivity contribution >= 4 is 27.7 Å². The quantitative estimate of drug-likeness (QED) is 0.721. The fourth-order valence-corrected chi connectivity index (χ4v) is 3.35. The summed E-state index contributed by atoms with van der Waals surface area (Å²) in [4.78, 5) is 8.10. The van der Waals surface area contributed by atoms with Crippen molar-refractivity contribution in [3.05, 3.63) is 12.4 Å². The number of rotatable bonds is 9. The smallest absolute Gasteiger partial charge is 0.243 e. The van der Waals surface area contributed by atoms with Gasteiger partial charge in [-0.2, -0.15) is 11.8 Å². The van der Waals surface area contributed by atoms with Crippen LogP contribution in [0.3, 0.4) is 0 Å². The third-order valence-electron chi connectivity index (χ3n) is 2.40. The van der Waals surface area contributed by atoms with Crippen LogP contribution >= 0.6 is 11.8 Å². The predicted octanol–water partition coefficient (Wildman–Crippen LogP) is 1.72. The summed E-state index contributed by atoms with van der Waals surface area (Å²) < 4.78 is 26.8. The highest BCUT2D eigenvalue weighted by Crippen LogP contribution is 2.10. The molecule has 1 aromatic heterocycles. The van der Waals surface area contributed by atoms with Crippen LogP contribution in [0.25, 0.3) is 0 Å². The Morgan fingerprint density at radius 1 is 1.30 bits per heavy atom. The van der Waals surface area contributed by atoms with Crippen molar-refractivity contribution in [2.75, 3.05) is 23.4 Å². The fraction of sp³-hybridized carbons (Fsp3) is 0.667. The van der Waals surface area contributed by atoms with Crippen LogP contribution in [0.4, 0.5) is 5.95 Å². The lowest BCUT2D eigenvalue weighted by Gasteiger charge is -2.13. The minimum Gasteiger partial charge on any atom is -0.354 e. The first-order chi connectivity index (χ1) is 9.49. The van der Waals surface area contributed by atoms with E-state index in [0.717, 1.165) is 24.5 Å². The van der Waals surface area contributed by atoms with Gasteiger partial charge in [-0.3, -0.25) is 0 Å². The number of anilines is 1. The van der Waals surface area contributed by atoms with Gasteiger partial charge in [0.15, 0.2) is 0 Å². The first-order valence-corrected chi connectivity index (χ1v) is 9.29. The molecule has 6 nitrogen and oxygen atoms in total. The number of thioether (sulfide) groups is 1. The topological polar surface area (TPSA) is 84.0 Å². The van der Waals surface area contributed by atoms with Gasteiger partial charge in [-0.05, 0) is 19.1 Å². The van der Waals surface area contributed by atoms with Crippen LogP contribution in [0.15, 0.2) is 17.3 Å². The summed E-state index contributed by atoms with van der Waals surface area (Å²) in [5.74, 6) is 2.15. The van der Waals surface area contributed by atoms with E-state index in [1.807, 2.05) is 20.8 Å². The van der Waals surface area contributed by atoms with Gasteiger partial charge in [-0.1, -0.05) is 13.8 Å². The zero-order valence-corrected chi connectivity index (χ0v) is 13.7. The van der Waals surface area contributed by atoms with Gasteiger partial charge in [0.1, 0.15) is 4.90 Å². The molecule has 0 saturated heterocycles. The molecule has 1 atom stereocenters. The Balaban J connectivity index is 2.67. The SMILES string of the molecule is CCCNc1ncc(S(=O)(=O)NC(C)CSCC)cn1. The summed E-state index contributed by atoms with van der Waals surface area (Å²) >= 11 is 1.70. The molecule has 0 fully saturated rings. The summed E-state index contributed by atoms with van der Waals surface area (Å²) in [7, 11) is -3.54. The summed E-state index contributed by atoms with van der Waals surface area (Å²) in [6.07, 6.45) is 3.61. The predicted molar refractivity (Wildman–Crippen MR) is 83.6 cm³/mol. The first-order valence-electron chi connectivity index (χ1n) is 6.65. The van der Waals surface area contributed by atoms with Crippen molar-refractivity contribution in [3.8, 4) is 0 Å². The Morgan fingerprint density at radius 2 is 1.95 bits per heavy atom. The van der Waals surface area contributed by atoms with Gasteiger partial charge < -0.3 is 5.32 Å². The molecule has 0 spiro atoms. The molecular weight excluding hydrogens is 296 g/mol. The van der Waals surface area contributed by atoms with E-state index in [0.29, 0.717) is 5.95 Å². The fourth-order valence-electron chi connectivity index (χ4n) is 1.44. The Labute approximate surface area is 125 Å². The summed E-state index contributed by atoms with van der Waals surface area (Å²) in [5.41, 5.74) is 0. The van der Waals surface area contributed by atoms with E-state index >= 15 is 0 Å². The molecule has 1 heterocycles. The Hall–Kier alpha value is -0.860. The van der Waals surface area contributed by atoms with E-state index in [-0.39, 0.29) is 10.9 Å². The number of nitrogens with zero attached hydrogens (tertiary/aromatic N) is 2. The summed E-state index contributed by atoms with van der Waals surface area (Å²) in [6.45, 7) is 6.68. The Kier molecular flexibility index (Phi) is 7.25. The molecule has 0 bridgehead atoms. The van der Waals surface area contributed by atoms with Crippen LogP contribution in [0.2, 0.25) is 0 Å². The number of nitrogens with one attached hydrogen (secondary N) is 2. The van der Waals surface area contributed by atoms with Crippen LogP contribution in [-0.2, 0) is 10.0 Å². The van der Waals surface area contributed by atoms with Crippen molar-refractivity contribution in [1.29, 1.82) is 0 Å². The monoisotopic (exact) mass is 318 g/mol. The van der Waals surface area contributed by atoms with Crippen molar-refractivity contribution < 1.29 is 8.42 Å². The van der Waals surface area contributed by atoms with Gasteiger partial charge in [0.25, 0.3) is 0 Å². The van der Waals surface area contributed by atoms with Gasteiger partial charge in [-0.25, -0.2) is 23.1 Å². The van der Waals surface area contributed by atoms with E-state index in [9.17, 15) is 8.42 Å². The highest BCUT2D eigenvalue weighted by Gasteiger charge is 2.18. The minimum atomic E-state index is -3.54. The van der Waals surface area contributed by atoms with Crippen LogP contribution in [0.5, 0.6) is 0 Å². The van der Waals surface area contributed by atoms with Crippen molar-refractivity contribution in [2.45, 2.75) is 38.1 Å². The van der Waals surface area contributed by atoms with E-state index in [1.54, 1.807) is 11.8 Å². The molecule has 0 aliphatic heterocycles. The molecule has 114 valence electrons. The maximum Gasteiger partial charge on any atom is 0.243 e. The maximum absolute atomic E-state index is 12.1. The van der Waals surface area contributed by atoms with Crippen LogP contribution in [0.1, 0.15) is 27.2 Å². The standard InChI is InChI=1S/C12H22N4O2S2/c1-4-6-13-12-14-7-11(8-15-12)20(17,18)16-10(3)9-19-5-2/h7-8,10,16H,4-6,9H2,1-3H3,(H,13,14,15). The van der Waals surface area contributed by atoms with E-state index in [2.05, 4.69) is 20.0 Å². The van der Waals surface area contributed by atoms with Crippen LogP contribution in [0, 0.1) is 0 Å². The average molecular weight is 318 g/mol. The highest BCUT2D eigenvalue weighted by molar-refractivity contribution is 7.99. The molecule has 1 unspecified atom stereocenters. The molecule has 0 amide bonds. The second kappa shape index (κ2) is 8.43. The average Bonchev–Trinajstić information content (AvgIpc) is 2.43. The lowest BCUT2D eigenvalue weighted by molar-refractivity contribution is 0.570. The molecule has 0 aliphatic carbocycles. The second-order valence-corrected chi connectivity index (χ2v) is 7.38. The first kappa shape index (κ1) is 17.2. The van der Waals surface area contributed by atoms with E-state index < -0.39 is 10.0 Å². The molecule has 1 rings (SSSR count). The molecule has 0 aliphatic rings. The number of aromatic nitrogens is 2. The Morgan fingerprint density at radius 3 is 2.50 bits per heavy atom. The molecule has 0 radical (unpaired) electrons. The molecule has 0 saturated carbocycles. The molecule has 0 aromatic carbocycles. The highest BCUT2D eigenvalue weighted by atomic mass is 32.2. The third-order valence-corrected chi connectivity index (χ3v) is 5.09. The van der Waals surface area contributed by atoms with Crippen molar-refractivity contribution in [1.82, 2.24) is 14.7 Å². The van der Waals surface area contributed by atoms with Crippen molar-refractivity contribution in [3.63, 3.8) is 0 Å². The number of hydrogen-bond donors (Lipinski definition) is 2. The summed E-state index contributed by atoms with van der Waals surface area (Å²) in [5, 5.41) is 3.00. The maximum atomic E-state index is 12.1. The van der Waals surface area contributed by atoms with Gasteiger partial charge in [0.2, 0.25) is 16.0 Å². The van der Waals surface area contributed by atoms with Gasteiger partial charge in [0, 0.05) is 18.3 Å². The Bertz CT molecular complexity index is 491. The largest absolute Gasteiger partial charge is 0.354 e. The lowest BCUT2D eigenvalue weighted by atomic mass is 10.4. The normalized spacial score (nSPS) is 13.2. The molecule has 8 heteroatoms. The molecular formula is C12H22N4O2S2. The second-order valence-electron chi connectivity index (χ2n) is 4.35. The zero-order valence-electron chi connectivity index (χ0n) is 12.1. The number of hydrogen-bond acceptors (Lipinski definition) is 6. The van der Waals surface area contributed by atoms with Gasteiger partial charge >= 0.3 is 0 Å². The third kappa shape index (κ3) is 5.64. The van der Waals surface area contributed by atoms with Gasteiger partial charge in [0.05, 0.1) is 12.4 Å². The number of sulfonamides is 1. The zero-order chi connectivity index (χ0) is 15.0. The molecule has 2 N–H and O–H groups in total. The van der Waals surface area contributed by atoms with Crippen LogP contribution < -0.4 is 10.0 Å². The van der Waals surface area contributed by atoms with Gasteiger partial charge in [-0.15, -0.1) is 0 Å². The minimum absolute atomic E-state index is 0.0906. The van der Waals surface area contributed by atoms with Crippen molar-refractivity contribution in [2.24, 2.45) is 0 Å². The lowest BCUT2D eigenvalue weighted by Crippen LogP contribution is -2.34.